The molecule has 0 aliphatic heterocycles. The molecule has 0 saturated carbocycles. The van der Waals surface area contributed by atoms with Gasteiger partial charge in [0, 0.05) is 18.0 Å². The van der Waals surface area contributed by atoms with Gasteiger partial charge in [0.15, 0.2) is 11.5 Å². The van der Waals surface area contributed by atoms with Gasteiger partial charge in [-0.05, 0) is 86.3 Å². The van der Waals surface area contributed by atoms with Crippen molar-refractivity contribution in [2.45, 2.75) is 105 Å². The van der Waals surface area contributed by atoms with Crippen LogP contribution in [-0.4, -0.2) is 35.9 Å². The zero-order valence-corrected chi connectivity index (χ0v) is 31.4. The molecule has 0 aliphatic rings. The number of oxazole rings is 1. The van der Waals surface area contributed by atoms with Crippen molar-refractivity contribution in [1.82, 2.24) is 10.3 Å². The van der Waals surface area contributed by atoms with E-state index in [-0.39, 0.29) is 24.3 Å². The van der Waals surface area contributed by atoms with E-state index in [9.17, 15) is 14.4 Å². The van der Waals surface area contributed by atoms with Gasteiger partial charge in [-0.1, -0.05) is 108 Å². The number of ether oxygens (including phenoxy) is 1. The number of nitrogens with zero attached hydrogens (tertiary/aromatic N) is 1. The standard InChI is InChI=1S/C39H49N3O5.C4H10/c1-3-5-26-46-39(45)32(14-9-12-19-37-42-34-17-10-11-18-35(34)47-37)27-31(25-24-30-22-20-29(13-4-2)21-23-30)38(44)40-28-36(43)41-33-15-7-6-8-16-33;1-4(2)3/h6-8,10-11,15-18,20-23,31-32H,3-5,9,12-14,19,24-28H2,1-2H3,(H,40,44)(H,41,43);4H,1-3H3. The fourth-order valence-corrected chi connectivity index (χ4v) is 5.70. The van der Waals surface area contributed by atoms with Gasteiger partial charge in [-0.3, -0.25) is 14.4 Å². The molecule has 2 N–H and O–H groups in total. The van der Waals surface area contributed by atoms with Crippen molar-refractivity contribution in [3.63, 3.8) is 0 Å². The lowest BCUT2D eigenvalue weighted by Crippen LogP contribution is -2.38. The third-order valence-electron chi connectivity index (χ3n) is 8.37. The molecule has 4 aromatic rings. The first-order chi connectivity index (χ1) is 24.7. The summed E-state index contributed by atoms with van der Waals surface area (Å²) in [7, 11) is 0. The van der Waals surface area contributed by atoms with E-state index in [0.717, 1.165) is 61.1 Å². The van der Waals surface area contributed by atoms with Crippen LogP contribution in [0.1, 0.15) is 103 Å². The number of aromatic nitrogens is 1. The summed E-state index contributed by atoms with van der Waals surface area (Å²) < 4.78 is 11.6. The molecule has 1 aromatic heterocycles. The molecule has 0 bridgehead atoms. The molecule has 3 aromatic carbocycles. The number of aryl methyl sites for hydroxylation is 3. The number of para-hydroxylation sites is 3. The van der Waals surface area contributed by atoms with Gasteiger partial charge >= 0.3 is 5.97 Å². The van der Waals surface area contributed by atoms with Crippen molar-refractivity contribution in [2.75, 3.05) is 18.5 Å². The first kappa shape index (κ1) is 41.0. The predicted molar refractivity (Wildman–Crippen MR) is 206 cm³/mol. The topological polar surface area (TPSA) is 111 Å². The summed E-state index contributed by atoms with van der Waals surface area (Å²) in [5, 5.41) is 5.65. The summed E-state index contributed by atoms with van der Waals surface area (Å²) in [5.41, 5.74) is 4.72. The summed E-state index contributed by atoms with van der Waals surface area (Å²) in [5.74, 6) is -0.168. The molecule has 0 aliphatic carbocycles. The van der Waals surface area contributed by atoms with Gasteiger partial charge in [0.1, 0.15) is 5.52 Å². The molecular formula is C43H59N3O5. The lowest BCUT2D eigenvalue weighted by molar-refractivity contribution is -0.150. The van der Waals surface area contributed by atoms with Crippen LogP contribution in [0.5, 0.6) is 0 Å². The molecule has 2 unspecified atom stereocenters. The molecule has 8 nitrogen and oxygen atoms in total. The molecule has 4 rings (SSSR count). The Kier molecular flexibility index (Phi) is 18.6. The molecule has 0 spiro atoms. The highest BCUT2D eigenvalue weighted by Gasteiger charge is 2.28. The lowest BCUT2D eigenvalue weighted by atomic mass is 9.86. The van der Waals surface area contributed by atoms with Gasteiger partial charge in [-0.25, -0.2) is 4.98 Å². The van der Waals surface area contributed by atoms with E-state index in [0.29, 0.717) is 50.3 Å². The van der Waals surface area contributed by atoms with Crippen LogP contribution in [0.15, 0.2) is 83.3 Å². The van der Waals surface area contributed by atoms with E-state index in [1.807, 2.05) is 42.5 Å². The molecule has 8 heteroatoms. The number of hydrogen-bond donors (Lipinski definition) is 2. The predicted octanol–water partition coefficient (Wildman–Crippen LogP) is 9.51. The third kappa shape index (κ3) is 16.0. The number of esters is 1. The van der Waals surface area contributed by atoms with E-state index < -0.39 is 11.8 Å². The highest BCUT2D eigenvalue weighted by molar-refractivity contribution is 5.94. The van der Waals surface area contributed by atoms with E-state index in [1.165, 1.54) is 5.56 Å². The van der Waals surface area contributed by atoms with Crippen LogP contribution in [0.4, 0.5) is 5.69 Å². The molecule has 0 radical (unpaired) electrons. The Morgan fingerprint density at radius 3 is 2.08 bits per heavy atom. The van der Waals surface area contributed by atoms with Crippen LogP contribution in [0.25, 0.3) is 11.1 Å². The Hall–Kier alpha value is -4.46. The molecular weight excluding hydrogens is 638 g/mol. The maximum Gasteiger partial charge on any atom is 0.308 e. The number of amides is 2. The molecule has 2 atom stereocenters. The minimum Gasteiger partial charge on any atom is -0.465 e. The van der Waals surface area contributed by atoms with Crippen LogP contribution in [0.3, 0.4) is 0 Å². The van der Waals surface area contributed by atoms with Gasteiger partial charge < -0.3 is 19.8 Å². The number of unbranched alkanes of at least 4 members (excludes halogenated alkanes) is 2. The third-order valence-corrected chi connectivity index (χ3v) is 8.37. The molecule has 1 heterocycles. The van der Waals surface area contributed by atoms with E-state index in [1.54, 1.807) is 12.1 Å². The fraction of sp³-hybridized carbons (Fsp3) is 0.488. The number of carbonyl (C=O) groups excluding carboxylic acids is 3. The fourth-order valence-electron chi connectivity index (χ4n) is 5.70. The van der Waals surface area contributed by atoms with Crippen molar-refractivity contribution in [3.8, 4) is 0 Å². The van der Waals surface area contributed by atoms with Gasteiger partial charge in [0.25, 0.3) is 0 Å². The minimum absolute atomic E-state index is 0.147. The number of fused-ring (bicyclic) bond motifs is 1. The average molecular weight is 698 g/mol. The number of benzene rings is 3. The average Bonchev–Trinajstić information content (AvgIpc) is 3.54. The van der Waals surface area contributed by atoms with Crippen molar-refractivity contribution in [1.29, 1.82) is 0 Å². The Morgan fingerprint density at radius 2 is 1.41 bits per heavy atom. The number of carbonyl (C=O) groups is 3. The van der Waals surface area contributed by atoms with Crippen molar-refractivity contribution >= 4 is 34.6 Å². The second-order valence-electron chi connectivity index (χ2n) is 13.9. The van der Waals surface area contributed by atoms with Gasteiger partial charge in [-0.15, -0.1) is 0 Å². The van der Waals surface area contributed by atoms with E-state index in [4.69, 9.17) is 9.15 Å². The lowest BCUT2D eigenvalue weighted by Gasteiger charge is -2.23. The van der Waals surface area contributed by atoms with Crippen LogP contribution in [-0.2, 0) is 38.4 Å². The largest absolute Gasteiger partial charge is 0.465 e. The maximum absolute atomic E-state index is 13.6. The normalized spacial score (nSPS) is 12.1. The van der Waals surface area contributed by atoms with Gasteiger partial charge in [0.05, 0.1) is 19.1 Å². The molecule has 2 amide bonds. The SMILES string of the molecule is CC(C)C.CCCCOC(=O)C(CCCCc1nc2ccccc2o1)CC(CCc1ccc(CCC)cc1)C(=O)NCC(=O)Nc1ccccc1. The molecule has 276 valence electrons. The second-order valence-corrected chi connectivity index (χ2v) is 13.9. The van der Waals surface area contributed by atoms with Crippen molar-refractivity contribution in [2.24, 2.45) is 17.8 Å². The summed E-state index contributed by atoms with van der Waals surface area (Å²) in [4.78, 5) is 44.2. The zero-order valence-electron chi connectivity index (χ0n) is 31.4. The Bertz CT molecular complexity index is 1550. The smallest absolute Gasteiger partial charge is 0.308 e. The van der Waals surface area contributed by atoms with Gasteiger partial charge in [-0.2, -0.15) is 0 Å². The number of anilines is 1. The number of hydrogen-bond acceptors (Lipinski definition) is 6. The Balaban J connectivity index is 0.00000166. The second kappa shape index (κ2) is 23.1. The van der Waals surface area contributed by atoms with Crippen LogP contribution < -0.4 is 10.6 Å². The Labute approximate surface area is 305 Å². The molecule has 0 saturated heterocycles. The highest BCUT2D eigenvalue weighted by Crippen LogP contribution is 2.26. The summed E-state index contributed by atoms with van der Waals surface area (Å²) in [6, 6.07) is 25.4. The monoisotopic (exact) mass is 697 g/mol. The van der Waals surface area contributed by atoms with Crippen molar-refractivity contribution < 1.29 is 23.5 Å². The maximum atomic E-state index is 13.6. The molecule has 51 heavy (non-hydrogen) atoms. The first-order valence-corrected chi connectivity index (χ1v) is 18.9. The summed E-state index contributed by atoms with van der Waals surface area (Å²) in [6.07, 6.45) is 8.26. The van der Waals surface area contributed by atoms with Crippen molar-refractivity contribution in [3.05, 3.63) is 95.9 Å². The highest BCUT2D eigenvalue weighted by atomic mass is 16.5. The van der Waals surface area contributed by atoms with Crippen LogP contribution in [0, 0.1) is 17.8 Å². The quantitative estimate of drug-likeness (QED) is 0.0703. The molecule has 0 fully saturated rings. The zero-order chi connectivity index (χ0) is 36.8. The van der Waals surface area contributed by atoms with Crippen LogP contribution >= 0.6 is 0 Å². The van der Waals surface area contributed by atoms with Gasteiger partial charge in [0.2, 0.25) is 11.8 Å². The summed E-state index contributed by atoms with van der Waals surface area (Å²) >= 11 is 0. The Morgan fingerprint density at radius 1 is 0.745 bits per heavy atom. The number of rotatable bonds is 20. The first-order valence-electron chi connectivity index (χ1n) is 18.9. The van der Waals surface area contributed by atoms with E-state index in [2.05, 4.69) is 74.5 Å². The minimum atomic E-state index is -0.462. The summed E-state index contributed by atoms with van der Waals surface area (Å²) in [6.45, 7) is 10.9. The van der Waals surface area contributed by atoms with E-state index >= 15 is 0 Å². The van der Waals surface area contributed by atoms with Crippen LogP contribution in [0.2, 0.25) is 0 Å². The number of nitrogens with one attached hydrogen (secondary N) is 2.